The Morgan fingerprint density at radius 2 is 1.07 bits per heavy atom. The van der Waals surface area contributed by atoms with Crippen LogP contribution in [0, 0.1) is 0 Å². The Kier molecular flexibility index (Phi) is 3.26. The summed E-state index contributed by atoms with van der Waals surface area (Å²) in [5.41, 5.74) is 0. The summed E-state index contributed by atoms with van der Waals surface area (Å²) in [6, 6.07) is 0. The fourth-order valence-electron chi connectivity index (χ4n) is 0.411. The lowest BCUT2D eigenvalue weighted by Gasteiger charge is -2.24. The number of alkyl halides is 7. The molecule has 0 aromatic heterocycles. The summed E-state index contributed by atoms with van der Waals surface area (Å²) in [7, 11) is -6.89. The average molecular weight is 269 g/mol. The average Bonchev–Trinajstić information content (AvgIpc) is 1.77. The van der Waals surface area contributed by atoms with Crippen molar-refractivity contribution in [3.8, 4) is 0 Å². The molecule has 15 heavy (non-hydrogen) atoms. The van der Waals surface area contributed by atoms with Crippen LogP contribution in [0.1, 0.15) is 0 Å². The molecule has 12 heteroatoms. The van der Waals surface area contributed by atoms with Crippen LogP contribution >= 0.6 is 0 Å². The van der Waals surface area contributed by atoms with E-state index in [9.17, 15) is 42.7 Å². The van der Waals surface area contributed by atoms with Crippen molar-refractivity contribution < 1.29 is 42.7 Å². The van der Waals surface area contributed by atoms with Crippen LogP contribution in [0.15, 0.2) is 4.36 Å². The summed E-state index contributed by atoms with van der Waals surface area (Å²) in [5, 5.41) is 0. The van der Waals surface area contributed by atoms with Crippen molar-refractivity contribution >= 4 is 10.5 Å². The molecule has 0 atom stereocenters. The highest BCUT2D eigenvalue weighted by atomic mass is 32.3. The minimum atomic E-state index is -6.89. The fourth-order valence-corrected chi connectivity index (χ4v) is 0.911. The Hall–Kier alpha value is -0.680. The van der Waals surface area contributed by atoms with Gasteiger partial charge in [-0.25, -0.2) is 0 Å². The van der Waals surface area contributed by atoms with E-state index < -0.39 is 28.6 Å². The third-order valence-corrected chi connectivity index (χ3v) is 1.45. The van der Waals surface area contributed by atoms with Crippen molar-refractivity contribution in [1.29, 1.82) is 0 Å². The van der Waals surface area contributed by atoms with Crippen LogP contribution in [0.5, 0.6) is 0 Å². The fraction of sp³-hybridized carbons (Fsp3) is 1.00. The predicted octanol–water partition coefficient (Wildman–Crippen LogP) is 3.01. The van der Waals surface area contributed by atoms with Gasteiger partial charge in [-0.05, 0) is 0 Å². The SMILES string of the molecule is O=S(F)(F)=NC(F)(C(F)(F)F)C(F)(F)F. The van der Waals surface area contributed by atoms with Gasteiger partial charge in [-0.1, -0.05) is 7.77 Å². The van der Waals surface area contributed by atoms with Crippen LogP contribution in [-0.2, 0) is 10.5 Å². The van der Waals surface area contributed by atoms with E-state index in [2.05, 4.69) is 0 Å². The van der Waals surface area contributed by atoms with Crippen LogP contribution < -0.4 is 0 Å². The summed E-state index contributed by atoms with van der Waals surface area (Å²) >= 11 is 0. The Bertz CT molecular complexity index is 323. The number of rotatable bonds is 1. The quantitative estimate of drug-likeness (QED) is 0.408. The smallest absolute Gasteiger partial charge is 0.196 e. The highest BCUT2D eigenvalue weighted by Crippen LogP contribution is 2.47. The summed E-state index contributed by atoms with van der Waals surface area (Å²) in [5.74, 6) is -6.54. The molecule has 0 rings (SSSR count). The third-order valence-electron chi connectivity index (χ3n) is 0.983. The van der Waals surface area contributed by atoms with Gasteiger partial charge in [0.05, 0.1) is 0 Å². The number of hydrogen-bond acceptors (Lipinski definition) is 2. The first kappa shape index (κ1) is 14.3. The molecule has 2 nitrogen and oxygen atoms in total. The standard InChI is InChI=1S/C3F9NOS/c4-1(2(5,6)7,3(8,9)10)13-15(11,12)14. The van der Waals surface area contributed by atoms with E-state index in [-0.39, 0.29) is 0 Å². The van der Waals surface area contributed by atoms with Crippen LogP contribution in [0.25, 0.3) is 0 Å². The van der Waals surface area contributed by atoms with E-state index in [0.29, 0.717) is 4.36 Å². The Labute approximate surface area is 76.8 Å². The van der Waals surface area contributed by atoms with Gasteiger partial charge in [-0.15, -0.1) is 4.36 Å². The van der Waals surface area contributed by atoms with E-state index in [1.54, 1.807) is 0 Å². The summed E-state index contributed by atoms with van der Waals surface area (Å²) in [6.45, 7) is 0. The first-order valence-electron chi connectivity index (χ1n) is 2.70. The lowest BCUT2D eigenvalue weighted by molar-refractivity contribution is -0.337. The van der Waals surface area contributed by atoms with Crippen molar-refractivity contribution in [1.82, 2.24) is 0 Å². The topological polar surface area (TPSA) is 29.4 Å². The number of halogens is 9. The van der Waals surface area contributed by atoms with E-state index in [4.69, 9.17) is 0 Å². The molecule has 0 radical (unpaired) electrons. The highest BCUT2D eigenvalue weighted by molar-refractivity contribution is 7.83. The maximum absolute atomic E-state index is 12.2. The molecule has 0 aromatic rings. The van der Waals surface area contributed by atoms with Crippen molar-refractivity contribution in [2.24, 2.45) is 4.36 Å². The molecule has 0 fully saturated rings. The van der Waals surface area contributed by atoms with Crippen LogP contribution in [-0.4, -0.2) is 22.4 Å². The van der Waals surface area contributed by atoms with Crippen LogP contribution in [0.2, 0.25) is 0 Å². The predicted molar refractivity (Wildman–Crippen MR) is 28.7 cm³/mol. The minimum absolute atomic E-state index is 0.361. The van der Waals surface area contributed by atoms with Crippen molar-refractivity contribution in [3.05, 3.63) is 0 Å². The maximum Gasteiger partial charge on any atom is 0.454 e. The van der Waals surface area contributed by atoms with Crippen LogP contribution in [0.3, 0.4) is 0 Å². The second-order valence-corrected chi connectivity index (χ2v) is 3.08. The maximum atomic E-state index is 12.2. The Balaban J connectivity index is 5.79. The second kappa shape index (κ2) is 3.42. The zero-order chi connectivity index (χ0) is 12.7. The van der Waals surface area contributed by atoms with Crippen LogP contribution in [0.4, 0.5) is 38.5 Å². The minimum Gasteiger partial charge on any atom is -0.196 e. The molecular formula is C3F9NOS. The van der Waals surface area contributed by atoms with Crippen molar-refractivity contribution in [2.75, 3.05) is 0 Å². The molecule has 0 unspecified atom stereocenters. The first-order valence-corrected chi connectivity index (χ1v) is 4.02. The molecule has 0 aliphatic heterocycles. The molecular weight excluding hydrogens is 269 g/mol. The Morgan fingerprint density at radius 3 is 1.13 bits per heavy atom. The molecule has 92 valence electrons. The van der Waals surface area contributed by atoms with Gasteiger partial charge in [0.2, 0.25) is 0 Å². The second-order valence-electron chi connectivity index (χ2n) is 2.11. The molecule has 0 amide bonds. The van der Waals surface area contributed by atoms with Gasteiger partial charge < -0.3 is 0 Å². The molecule has 0 spiro atoms. The molecule has 0 aromatic carbocycles. The normalized spacial score (nSPS) is 15.3. The van der Waals surface area contributed by atoms with E-state index in [1.807, 2.05) is 0 Å². The summed E-state index contributed by atoms with van der Waals surface area (Å²) in [6.07, 6.45) is -13.5. The van der Waals surface area contributed by atoms with Gasteiger partial charge in [0, 0.05) is 0 Å². The van der Waals surface area contributed by atoms with Crippen molar-refractivity contribution in [2.45, 2.75) is 18.1 Å². The summed E-state index contributed by atoms with van der Waals surface area (Å²) in [4.78, 5) is 0. The largest absolute Gasteiger partial charge is 0.454 e. The molecule has 0 N–H and O–H groups in total. The lowest BCUT2D eigenvalue weighted by Crippen LogP contribution is -2.51. The van der Waals surface area contributed by atoms with E-state index >= 15 is 0 Å². The molecule has 0 aliphatic carbocycles. The zero-order valence-electron chi connectivity index (χ0n) is 6.17. The molecule has 0 heterocycles. The van der Waals surface area contributed by atoms with E-state index in [1.165, 1.54) is 0 Å². The monoisotopic (exact) mass is 269 g/mol. The third kappa shape index (κ3) is 3.14. The molecule has 0 saturated heterocycles. The molecule has 0 aliphatic rings. The van der Waals surface area contributed by atoms with Gasteiger partial charge in [-0.2, -0.15) is 34.9 Å². The van der Waals surface area contributed by atoms with Crippen molar-refractivity contribution in [3.63, 3.8) is 0 Å². The number of nitrogens with zero attached hydrogens (tertiary/aromatic N) is 1. The van der Waals surface area contributed by atoms with Gasteiger partial charge in [0.15, 0.2) is 0 Å². The van der Waals surface area contributed by atoms with Gasteiger partial charge in [-0.3, -0.25) is 0 Å². The molecule has 0 saturated carbocycles. The van der Waals surface area contributed by atoms with Gasteiger partial charge >= 0.3 is 28.6 Å². The Morgan fingerprint density at radius 1 is 0.800 bits per heavy atom. The van der Waals surface area contributed by atoms with Gasteiger partial charge in [0.25, 0.3) is 0 Å². The van der Waals surface area contributed by atoms with Gasteiger partial charge in [0.1, 0.15) is 0 Å². The summed E-state index contributed by atoms with van der Waals surface area (Å²) < 4.78 is 114. The number of hydrogen-bond donors (Lipinski definition) is 0. The zero-order valence-corrected chi connectivity index (χ0v) is 6.98. The highest BCUT2D eigenvalue weighted by Gasteiger charge is 2.74. The molecule has 0 bridgehead atoms. The first-order chi connectivity index (χ1) is 6.21. The van der Waals surface area contributed by atoms with E-state index in [0.717, 1.165) is 0 Å². The lowest BCUT2D eigenvalue weighted by atomic mass is 10.2.